The summed E-state index contributed by atoms with van der Waals surface area (Å²) >= 11 is 0. The van der Waals surface area contributed by atoms with Gasteiger partial charge in [0.05, 0.1) is 5.56 Å². The van der Waals surface area contributed by atoms with Crippen molar-refractivity contribution in [3.05, 3.63) is 30.1 Å². The number of esters is 1. The monoisotopic (exact) mass is 347 g/mol. The van der Waals surface area contributed by atoms with Crippen LogP contribution in [0.25, 0.3) is 0 Å². The maximum Gasteiger partial charge on any atom is 0.338 e. The minimum atomic E-state index is -0.215. The van der Waals surface area contributed by atoms with Gasteiger partial charge in [0, 0.05) is 12.4 Å². The van der Waals surface area contributed by atoms with Gasteiger partial charge in [0.2, 0.25) is 0 Å². The fourth-order valence-corrected chi connectivity index (χ4v) is 3.15. The predicted octanol–water partition coefficient (Wildman–Crippen LogP) is 6.72. The topological polar surface area (TPSA) is 39.2 Å². The second-order valence-electron chi connectivity index (χ2n) is 7.02. The molecule has 1 unspecified atom stereocenters. The van der Waals surface area contributed by atoms with Gasteiger partial charge in [-0.05, 0) is 31.4 Å². The molecular formula is C22H37NO2. The Morgan fingerprint density at radius 3 is 1.96 bits per heavy atom. The van der Waals surface area contributed by atoms with Crippen molar-refractivity contribution in [1.82, 2.24) is 4.98 Å². The number of rotatable bonds is 15. The third kappa shape index (κ3) is 11.0. The van der Waals surface area contributed by atoms with Gasteiger partial charge in [-0.3, -0.25) is 4.98 Å². The van der Waals surface area contributed by atoms with Crippen LogP contribution in [0.1, 0.15) is 108 Å². The first kappa shape index (κ1) is 21.7. The lowest BCUT2D eigenvalue weighted by atomic mass is 10.0. The molecule has 0 spiro atoms. The Kier molecular flexibility index (Phi) is 12.9. The van der Waals surface area contributed by atoms with Crippen LogP contribution in [-0.4, -0.2) is 17.1 Å². The smallest absolute Gasteiger partial charge is 0.338 e. The first-order valence-electron chi connectivity index (χ1n) is 10.4. The van der Waals surface area contributed by atoms with Gasteiger partial charge in [0.15, 0.2) is 0 Å². The highest BCUT2D eigenvalue weighted by Gasteiger charge is 2.14. The number of hydrogen-bond acceptors (Lipinski definition) is 3. The van der Waals surface area contributed by atoms with Crippen LogP contribution in [0.3, 0.4) is 0 Å². The summed E-state index contributed by atoms with van der Waals surface area (Å²) in [4.78, 5) is 16.1. The molecule has 1 aromatic heterocycles. The maximum absolute atomic E-state index is 12.2. The SMILES string of the molecule is CCCCCCCCCCCCC(CCC)OC(=O)c1ccncc1. The molecule has 0 aliphatic carbocycles. The first-order valence-corrected chi connectivity index (χ1v) is 10.4. The van der Waals surface area contributed by atoms with Gasteiger partial charge in [-0.25, -0.2) is 4.79 Å². The average molecular weight is 348 g/mol. The van der Waals surface area contributed by atoms with E-state index in [1.807, 2.05) is 0 Å². The quantitative estimate of drug-likeness (QED) is 0.261. The molecule has 0 bridgehead atoms. The molecule has 1 heterocycles. The van der Waals surface area contributed by atoms with Crippen LogP contribution in [0, 0.1) is 0 Å². The molecule has 25 heavy (non-hydrogen) atoms. The second kappa shape index (κ2) is 14.9. The summed E-state index contributed by atoms with van der Waals surface area (Å²) in [7, 11) is 0. The molecule has 0 radical (unpaired) electrons. The number of hydrogen-bond donors (Lipinski definition) is 0. The van der Waals surface area contributed by atoms with Crippen molar-refractivity contribution in [3.8, 4) is 0 Å². The molecule has 0 aliphatic heterocycles. The van der Waals surface area contributed by atoms with E-state index in [2.05, 4.69) is 18.8 Å². The molecule has 0 saturated heterocycles. The molecule has 0 N–H and O–H groups in total. The minimum Gasteiger partial charge on any atom is -0.459 e. The zero-order chi connectivity index (χ0) is 18.2. The van der Waals surface area contributed by atoms with Gasteiger partial charge in [0.25, 0.3) is 0 Å². The van der Waals surface area contributed by atoms with Crippen LogP contribution in [0.2, 0.25) is 0 Å². The molecule has 3 nitrogen and oxygen atoms in total. The summed E-state index contributed by atoms with van der Waals surface area (Å²) in [6, 6.07) is 3.43. The highest BCUT2D eigenvalue weighted by molar-refractivity contribution is 5.89. The normalized spacial score (nSPS) is 12.1. The number of carbonyl (C=O) groups is 1. The lowest BCUT2D eigenvalue weighted by molar-refractivity contribution is 0.0253. The molecule has 1 aromatic rings. The van der Waals surface area contributed by atoms with Crippen LogP contribution in [-0.2, 0) is 4.74 Å². The Hall–Kier alpha value is -1.38. The van der Waals surface area contributed by atoms with E-state index in [9.17, 15) is 4.79 Å². The molecule has 1 atom stereocenters. The molecule has 142 valence electrons. The zero-order valence-corrected chi connectivity index (χ0v) is 16.3. The third-order valence-electron chi connectivity index (χ3n) is 4.68. The second-order valence-corrected chi connectivity index (χ2v) is 7.02. The standard InChI is InChI=1S/C22H37NO2/c1-3-5-6-7-8-9-10-11-12-13-15-21(14-4-2)25-22(24)20-16-18-23-19-17-20/h16-19,21H,3-15H2,1-2H3. The van der Waals surface area contributed by atoms with Gasteiger partial charge in [0.1, 0.15) is 6.10 Å². The van der Waals surface area contributed by atoms with Crippen LogP contribution in [0.5, 0.6) is 0 Å². The Morgan fingerprint density at radius 2 is 1.40 bits per heavy atom. The van der Waals surface area contributed by atoms with E-state index >= 15 is 0 Å². The Balaban J connectivity index is 2.11. The van der Waals surface area contributed by atoms with Gasteiger partial charge >= 0.3 is 5.97 Å². The van der Waals surface area contributed by atoms with Crippen LogP contribution in [0.4, 0.5) is 0 Å². The minimum absolute atomic E-state index is 0.0553. The third-order valence-corrected chi connectivity index (χ3v) is 4.68. The van der Waals surface area contributed by atoms with E-state index in [1.54, 1.807) is 24.5 Å². The number of ether oxygens (including phenoxy) is 1. The number of pyridine rings is 1. The van der Waals surface area contributed by atoms with Crippen molar-refractivity contribution in [3.63, 3.8) is 0 Å². The van der Waals surface area contributed by atoms with Crippen LogP contribution in [0.15, 0.2) is 24.5 Å². The largest absolute Gasteiger partial charge is 0.459 e. The fourth-order valence-electron chi connectivity index (χ4n) is 3.15. The number of carbonyl (C=O) groups excluding carboxylic acids is 1. The lowest BCUT2D eigenvalue weighted by Gasteiger charge is -2.17. The average Bonchev–Trinajstić information content (AvgIpc) is 2.64. The van der Waals surface area contributed by atoms with Crippen molar-refractivity contribution in [1.29, 1.82) is 0 Å². The summed E-state index contributed by atoms with van der Waals surface area (Å²) in [5, 5.41) is 0. The number of nitrogens with zero attached hydrogens (tertiary/aromatic N) is 1. The van der Waals surface area contributed by atoms with Crippen LogP contribution < -0.4 is 0 Å². The Bertz CT molecular complexity index is 433. The molecule has 0 saturated carbocycles. The summed E-state index contributed by atoms with van der Waals surface area (Å²) in [6.07, 6.45) is 19.7. The van der Waals surface area contributed by atoms with E-state index in [-0.39, 0.29) is 12.1 Å². The summed E-state index contributed by atoms with van der Waals surface area (Å²) in [6.45, 7) is 4.41. The lowest BCUT2D eigenvalue weighted by Crippen LogP contribution is -2.18. The Morgan fingerprint density at radius 1 is 0.840 bits per heavy atom. The molecule has 0 amide bonds. The van der Waals surface area contributed by atoms with Crippen molar-refractivity contribution < 1.29 is 9.53 Å². The molecular weight excluding hydrogens is 310 g/mol. The van der Waals surface area contributed by atoms with E-state index < -0.39 is 0 Å². The molecule has 0 aliphatic rings. The van der Waals surface area contributed by atoms with Gasteiger partial charge in [-0.1, -0.05) is 78.1 Å². The van der Waals surface area contributed by atoms with E-state index in [0.29, 0.717) is 5.56 Å². The highest BCUT2D eigenvalue weighted by Crippen LogP contribution is 2.16. The van der Waals surface area contributed by atoms with Crippen molar-refractivity contribution in [2.75, 3.05) is 0 Å². The molecule has 0 fully saturated rings. The first-order chi connectivity index (χ1) is 12.3. The van der Waals surface area contributed by atoms with Gasteiger partial charge < -0.3 is 4.74 Å². The molecule has 3 heteroatoms. The van der Waals surface area contributed by atoms with Gasteiger partial charge in [-0.15, -0.1) is 0 Å². The van der Waals surface area contributed by atoms with E-state index in [0.717, 1.165) is 25.7 Å². The molecule has 0 aromatic carbocycles. The maximum atomic E-state index is 12.2. The fraction of sp³-hybridized carbons (Fsp3) is 0.727. The van der Waals surface area contributed by atoms with E-state index in [1.165, 1.54) is 57.8 Å². The zero-order valence-electron chi connectivity index (χ0n) is 16.3. The van der Waals surface area contributed by atoms with Crippen molar-refractivity contribution in [2.24, 2.45) is 0 Å². The highest BCUT2D eigenvalue weighted by atomic mass is 16.5. The molecule has 1 rings (SSSR count). The van der Waals surface area contributed by atoms with Gasteiger partial charge in [-0.2, -0.15) is 0 Å². The van der Waals surface area contributed by atoms with Crippen molar-refractivity contribution >= 4 is 5.97 Å². The Labute approximate surface area is 154 Å². The predicted molar refractivity (Wildman–Crippen MR) is 105 cm³/mol. The number of unbranched alkanes of at least 4 members (excludes halogenated alkanes) is 9. The van der Waals surface area contributed by atoms with E-state index in [4.69, 9.17) is 4.74 Å². The number of aromatic nitrogens is 1. The summed E-state index contributed by atoms with van der Waals surface area (Å²) in [5.41, 5.74) is 0.596. The van der Waals surface area contributed by atoms with Crippen molar-refractivity contribution in [2.45, 2.75) is 103 Å². The van der Waals surface area contributed by atoms with Crippen LogP contribution >= 0.6 is 0 Å². The summed E-state index contributed by atoms with van der Waals surface area (Å²) in [5.74, 6) is -0.215. The summed E-state index contributed by atoms with van der Waals surface area (Å²) < 4.78 is 5.69.